The van der Waals surface area contributed by atoms with Gasteiger partial charge in [-0.1, -0.05) is 23.2 Å². The van der Waals surface area contributed by atoms with Crippen LogP contribution in [0.5, 0.6) is 0 Å². The maximum Gasteiger partial charge on any atom is 0.260 e. The molecule has 0 amide bonds. The second-order valence-corrected chi connectivity index (χ2v) is 3.97. The van der Waals surface area contributed by atoms with Crippen molar-refractivity contribution in [2.45, 2.75) is 0 Å². The molecule has 1 rings (SSSR count). The second-order valence-electron chi connectivity index (χ2n) is 2.84. The number of benzene rings is 1. The summed E-state index contributed by atoms with van der Waals surface area (Å²) < 4.78 is 4.97. The highest BCUT2D eigenvalue weighted by atomic mass is 35.5. The van der Waals surface area contributed by atoms with Gasteiger partial charge in [-0.05, 0) is 28.9 Å². The van der Waals surface area contributed by atoms with Crippen molar-refractivity contribution < 1.29 is 14.4 Å². The third-order valence-electron chi connectivity index (χ3n) is 1.88. The average Bonchev–Trinajstić information content (AvgIpc) is 2.27. The maximum atomic E-state index is 11.1. The maximum absolute atomic E-state index is 11.1. The Labute approximate surface area is 113 Å². The van der Waals surface area contributed by atoms with E-state index in [1.807, 2.05) is 0 Å². The number of carbonyl (C=O) groups is 1. The van der Waals surface area contributed by atoms with Gasteiger partial charge in [-0.15, -0.1) is 0 Å². The van der Waals surface area contributed by atoms with Crippen LogP contribution in [0, 0.1) is 0 Å². The third-order valence-corrected chi connectivity index (χ3v) is 2.80. The van der Waals surface area contributed by atoms with Crippen molar-refractivity contribution >= 4 is 45.9 Å². The first-order valence-corrected chi connectivity index (χ1v) is 5.49. The lowest BCUT2D eigenvalue weighted by Crippen LogP contribution is -2.08. The molecule has 0 saturated carbocycles. The minimum atomic E-state index is -0.694. The Morgan fingerprint density at radius 1 is 1.29 bits per heavy atom. The van der Waals surface area contributed by atoms with E-state index in [-0.39, 0.29) is 27.1 Å². The average molecular weight is 297 g/mol. The van der Waals surface area contributed by atoms with Crippen LogP contribution in [-0.4, -0.2) is 25.4 Å². The molecule has 0 aliphatic heterocycles. The molecule has 0 aromatic heterocycles. The van der Waals surface area contributed by atoms with Crippen LogP contribution in [0.4, 0.5) is 0 Å². The number of ether oxygens (including phenoxy) is 1. The lowest BCUT2D eigenvalue weighted by molar-refractivity contribution is 0.108. The van der Waals surface area contributed by atoms with Crippen LogP contribution >= 0.6 is 34.8 Å². The summed E-state index contributed by atoms with van der Waals surface area (Å²) in [6, 6.07) is 2.90. The van der Waals surface area contributed by atoms with Crippen LogP contribution in [0.2, 0.25) is 10.0 Å². The number of nitrogens with zero attached hydrogens (tertiary/aromatic N) is 1. The molecule has 0 atom stereocenters. The predicted molar refractivity (Wildman–Crippen MR) is 67.2 cm³/mol. The van der Waals surface area contributed by atoms with Gasteiger partial charge in [0.25, 0.3) is 11.1 Å². The Bertz CT molecular complexity index is 474. The Morgan fingerprint density at radius 3 is 2.41 bits per heavy atom. The van der Waals surface area contributed by atoms with Gasteiger partial charge in [0.05, 0.1) is 28.3 Å². The van der Waals surface area contributed by atoms with Crippen LogP contribution in [0.25, 0.3) is 0 Å². The number of hydrogen-bond acceptors (Lipinski definition) is 4. The minimum Gasteiger partial charge on any atom is -0.478 e. The zero-order valence-corrected chi connectivity index (χ0v) is 11.2. The molecular weight excluding hydrogens is 288 g/mol. The monoisotopic (exact) mass is 295 g/mol. The van der Waals surface area contributed by atoms with Crippen LogP contribution in [0.3, 0.4) is 0 Å². The molecule has 7 heteroatoms. The molecule has 4 nitrogen and oxygen atoms in total. The first kappa shape index (κ1) is 14.1. The molecule has 0 unspecified atom stereocenters. The quantitative estimate of drug-likeness (QED) is 0.372. The molecule has 0 heterocycles. The molecular formula is C10H8Cl3NO3. The summed E-state index contributed by atoms with van der Waals surface area (Å²) in [6.45, 7) is 0. The van der Waals surface area contributed by atoms with E-state index < -0.39 is 5.24 Å². The normalized spacial score (nSPS) is 11.2. The summed E-state index contributed by atoms with van der Waals surface area (Å²) in [7, 11) is 2.72. The molecule has 92 valence electrons. The van der Waals surface area contributed by atoms with E-state index in [0.29, 0.717) is 0 Å². The van der Waals surface area contributed by atoms with Gasteiger partial charge in [-0.25, -0.2) is 0 Å². The lowest BCUT2D eigenvalue weighted by atomic mass is 10.1. The summed E-state index contributed by atoms with van der Waals surface area (Å²) in [5, 5.41) is 3.25. The highest BCUT2D eigenvalue weighted by Gasteiger charge is 2.20. The molecule has 0 spiro atoms. The summed E-state index contributed by atoms with van der Waals surface area (Å²) >= 11 is 17.4. The molecule has 0 N–H and O–H groups in total. The number of carbonyl (C=O) groups excluding carboxylic acids is 1. The van der Waals surface area contributed by atoms with Gasteiger partial charge < -0.3 is 9.57 Å². The fourth-order valence-electron chi connectivity index (χ4n) is 1.17. The first-order valence-electron chi connectivity index (χ1n) is 4.36. The second kappa shape index (κ2) is 6.10. The van der Waals surface area contributed by atoms with E-state index >= 15 is 0 Å². The SMILES string of the molecule is CON=C(OC)c1c(Cl)ccc(C(=O)Cl)c1Cl. The molecule has 1 aromatic rings. The Kier molecular flexibility index (Phi) is 5.05. The Hall–Kier alpha value is -0.970. The predicted octanol–water partition coefficient (Wildman–Crippen LogP) is 3.33. The van der Waals surface area contributed by atoms with E-state index in [1.54, 1.807) is 0 Å². The minimum absolute atomic E-state index is 0.0577. The molecule has 0 fully saturated rings. The van der Waals surface area contributed by atoms with Crippen molar-refractivity contribution in [1.82, 2.24) is 0 Å². The molecule has 17 heavy (non-hydrogen) atoms. The highest BCUT2D eigenvalue weighted by Crippen LogP contribution is 2.30. The van der Waals surface area contributed by atoms with E-state index in [4.69, 9.17) is 39.5 Å². The number of hydrogen-bond donors (Lipinski definition) is 0. The van der Waals surface area contributed by atoms with Gasteiger partial charge in [-0.3, -0.25) is 4.79 Å². The number of halogens is 3. The smallest absolute Gasteiger partial charge is 0.260 e. The van der Waals surface area contributed by atoms with E-state index in [2.05, 4.69) is 9.99 Å². The van der Waals surface area contributed by atoms with Crippen molar-refractivity contribution in [3.63, 3.8) is 0 Å². The van der Waals surface area contributed by atoms with Crippen LogP contribution in [-0.2, 0) is 9.57 Å². The summed E-state index contributed by atoms with van der Waals surface area (Å²) in [6.07, 6.45) is 0. The van der Waals surface area contributed by atoms with Crippen molar-refractivity contribution in [1.29, 1.82) is 0 Å². The third kappa shape index (κ3) is 3.03. The van der Waals surface area contributed by atoms with Gasteiger partial charge in [0.1, 0.15) is 7.11 Å². The molecule has 0 radical (unpaired) electrons. The standard InChI is InChI=1S/C10H8Cl3NO3/c1-16-10(14-17-2)7-6(11)4-3-5(8(7)12)9(13)15/h3-4H,1-2H3. The fourth-order valence-corrected chi connectivity index (χ4v) is 1.99. The number of oxime groups is 1. The van der Waals surface area contributed by atoms with Gasteiger partial charge in [0, 0.05) is 0 Å². The fraction of sp³-hybridized carbons (Fsp3) is 0.200. The summed E-state index contributed by atoms with van der Waals surface area (Å²) in [4.78, 5) is 15.7. The van der Waals surface area contributed by atoms with Crippen LogP contribution < -0.4 is 0 Å². The summed E-state index contributed by atoms with van der Waals surface area (Å²) in [5.41, 5.74) is 0.373. The highest BCUT2D eigenvalue weighted by molar-refractivity contribution is 6.69. The van der Waals surface area contributed by atoms with Gasteiger partial charge in [0.2, 0.25) is 0 Å². The molecule has 0 aliphatic carbocycles. The van der Waals surface area contributed by atoms with Crippen molar-refractivity contribution in [3.8, 4) is 0 Å². The lowest BCUT2D eigenvalue weighted by Gasteiger charge is -2.10. The van der Waals surface area contributed by atoms with Gasteiger partial charge >= 0.3 is 0 Å². The van der Waals surface area contributed by atoms with E-state index in [0.717, 1.165) is 0 Å². The van der Waals surface area contributed by atoms with Crippen molar-refractivity contribution in [2.75, 3.05) is 14.2 Å². The van der Waals surface area contributed by atoms with Crippen molar-refractivity contribution in [2.24, 2.45) is 5.16 Å². The zero-order valence-electron chi connectivity index (χ0n) is 8.96. The molecule has 0 aliphatic rings. The van der Waals surface area contributed by atoms with Crippen LogP contribution in [0.1, 0.15) is 15.9 Å². The molecule has 1 aromatic carbocycles. The molecule has 0 saturated heterocycles. The van der Waals surface area contributed by atoms with Gasteiger partial charge in [-0.2, -0.15) is 0 Å². The van der Waals surface area contributed by atoms with Crippen molar-refractivity contribution in [3.05, 3.63) is 33.3 Å². The number of methoxy groups -OCH3 is 1. The zero-order chi connectivity index (χ0) is 13.0. The Balaban J connectivity index is 3.46. The molecule has 0 bridgehead atoms. The largest absolute Gasteiger partial charge is 0.478 e. The van der Waals surface area contributed by atoms with E-state index in [9.17, 15) is 4.79 Å². The topological polar surface area (TPSA) is 47.9 Å². The number of rotatable bonds is 3. The Morgan fingerprint density at radius 2 is 1.94 bits per heavy atom. The first-order chi connectivity index (χ1) is 8.02. The summed E-state index contributed by atoms with van der Waals surface area (Å²) in [5.74, 6) is 0.0577. The van der Waals surface area contributed by atoms with Crippen LogP contribution in [0.15, 0.2) is 17.3 Å². The van der Waals surface area contributed by atoms with E-state index in [1.165, 1.54) is 26.4 Å². The van der Waals surface area contributed by atoms with Gasteiger partial charge in [0.15, 0.2) is 0 Å².